The van der Waals surface area contributed by atoms with Gasteiger partial charge in [-0.15, -0.1) is 0 Å². The van der Waals surface area contributed by atoms with Crippen molar-refractivity contribution in [2.24, 2.45) is 17.8 Å². The van der Waals surface area contributed by atoms with Gasteiger partial charge in [-0.05, 0) is 42.7 Å². The van der Waals surface area contributed by atoms with Gasteiger partial charge in [0, 0.05) is 6.54 Å². The molecule has 92 valence electrons. The Balaban J connectivity index is 1.68. The van der Waals surface area contributed by atoms with Gasteiger partial charge < -0.3 is 10.0 Å². The molecule has 1 N–H and O–H groups in total. The predicted molar refractivity (Wildman–Crippen MR) is 65.8 cm³/mol. The van der Waals surface area contributed by atoms with E-state index in [9.17, 15) is 5.11 Å². The first-order valence-corrected chi connectivity index (χ1v) is 6.59. The maximum absolute atomic E-state index is 10.3. The maximum Gasteiger partial charge on any atom is 0.140 e. The van der Waals surface area contributed by atoms with Gasteiger partial charge in [-0.2, -0.15) is 5.26 Å². The molecular formula is C14H15N3O. The molecule has 0 radical (unpaired) electrons. The molecule has 3 aliphatic rings. The van der Waals surface area contributed by atoms with E-state index in [0.29, 0.717) is 17.5 Å². The van der Waals surface area contributed by atoms with Crippen LogP contribution in [0.15, 0.2) is 18.3 Å². The fourth-order valence-electron chi connectivity index (χ4n) is 4.33. The molecule has 5 atom stereocenters. The van der Waals surface area contributed by atoms with Gasteiger partial charge in [0.05, 0.1) is 24.0 Å². The van der Waals surface area contributed by atoms with Crippen LogP contribution in [0.1, 0.15) is 18.5 Å². The second kappa shape index (κ2) is 3.46. The monoisotopic (exact) mass is 241 g/mol. The molecule has 0 spiro atoms. The first-order chi connectivity index (χ1) is 8.78. The molecule has 0 amide bonds. The van der Waals surface area contributed by atoms with Crippen molar-refractivity contribution in [1.29, 1.82) is 5.26 Å². The lowest BCUT2D eigenvalue weighted by atomic mass is 9.88. The zero-order chi connectivity index (χ0) is 12.3. The molecule has 4 nitrogen and oxygen atoms in total. The average molecular weight is 241 g/mol. The highest BCUT2D eigenvalue weighted by molar-refractivity contribution is 5.50. The van der Waals surface area contributed by atoms with Crippen molar-refractivity contribution >= 4 is 5.69 Å². The number of anilines is 1. The normalized spacial score (nSPS) is 40.2. The number of aliphatic hydroxyl groups is 1. The standard InChI is InChI=1S/C14H15N3O/c15-5-10-1-2-11(6-16-10)17-7-9-3-8-4-12(9)13(17)14(8)18/h1-2,6,8-9,12-14,18H,3-4,7H2/t8-,9-,12+,13+,14-/m0/s1. The van der Waals surface area contributed by atoms with Gasteiger partial charge >= 0.3 is 0 Å². The molecule has 4 rings (SSSR count). The Labute approximate surface area is 106 Å². The summed E-state index contributed by atoms with van der Waals surface area (Å²) in [5, 5.41) is 19.1. The Morgan fingerprint density at radius 2 is 2.22 bits per heavy atom. The average Bonchev–Trinajstić information content (AvgIpc) is 3.00. The lowest BCUT2D eigenvalue weighted by Crippen LogP contribution is -2.40. The summed E-state index contributed by atoms with van der Waals surface area (Å²) >= 11 is 0. The summed E-state index contributed by atoms with van der Waals surface area (Å²) in [6, 6.07) is 6.03. The third-order valence-corrected chi connectivity index (χ3v) is 5.04. The molecule has 18 heavy (non-hydrogen) atoms. The number of hydrogen-bond donors (Lipinski definition) is 1. The maximum atomic E-state index is 10.3. The Kier molecular flexibility index (Phi) is 1.98. The van der Waals surface area contributed by atoms with Crippen molar-refractivity contribution in [3.63, 3.8) is 0 Å². The summed E-state index contributed by atoms with van der Waals surface area (Å²) in [6.07, 6.45) is 3.96. The second-order valence-electron chi connectivity index (χ2n) is 5.80. The number of hydrogen-bond acceptors (Lipinski definition) is 4. The number of pyridine rings is 1. The van der Waals surface area contributed by atoms with E-state index in [1.54, 1.807) is 12.3 Å². The van der Waals surface area contributed by atoms with E-state index in [0.717, 1.165) is 18.2 Å². The lowest BCUT2D eigenvalue weighted by Gasteiger charge is -2.30. The Morgan fingerprint density at radius 1 is 1.33 bits per heavy atom. The summed E-state index contributed by atoms with van der Waals surface area (Å²) in [5.41, 5.74) is 1.50. The van der Waals surface area contributed by atoms with Crippen LogP contribution in [0.5, 0.6) is 0 Å². The highest BCUT2D eigenvalue weighted by Gasteiger charge is 2.58. The van der Waals surface area contributed by atoms with Crippen LogP contribution in [-0.2, 0) is 0 Å². The number of nitrogens with zero attached hydrogens (tertiary/aromatic N) is 3. The quantitative estimate of drug-likeness (QED) is 0.801. The number of aromatic nitrogens is 1. The van der Waals surface area contributed by atoms with E-state index in [1.165, 1.54) is 12.8 Å². The van der Waals surface area contributed by atoms with Crippen molar-refractivity contribution < 1.29 is 5.11 Å². The highest BCUT2D eigenvalue weighted by atomic mass is 16.3. The van der Waals surface area contributed by atoms with E-state index in [2.05, 4.69) is 9.88 Å². The SMILES string of the molecule is N#Cc1ccc(N2C[C@@H]3C[C@H]4C[C@H]3[C@@H]2[C@H]4O)cn1. The van der Waals surface area contributed by atoms with Crippen LogP contribution in [0.4, 0.5) is 5.69 Å². The summed E-state index contributed by atoms with van der Waals surface area (Å²) in [5.74, 6) is 1.93. The van der Waals surface area contributed by atoms with Crippen LogP contribution in [0, 0.1) is 29.1 Å². The van der Waals surface area contributed by atoms with E-state index in [1.807, 2.05) is 12.1 Å². The summed E-state index contributed by atoms with van der Waals surface area (Å²) in [6.45, 7) is 1.04. The molecule has 1 saturated heterocycles. The van der Waals surface area contributed by atoms with Crippen LogP contribution < -0.4 is 4.90 Å². The molecule has 2 saturated carbocycles. The zero-order valence-corrected chi connectivity index (χ0v) is 10.0. The van der Waals surface area contributed by atoms with Crippen LogP contribution in [0.3, 0.4) is 0 Å². The van der Waals surface area contributed by atoms with Crippen molar-refractivity contribution in [2.75, 3.05) is 11.4 Å². The first-order valence-electron chi connectivity index (χ1n) is 6.59. The van der Waals surface area contributed by atoms with Crippen molar-refractivity contribution in [2.45, 2.75) is 25.0 Å². The molecule has 3 fully saturated rings. The predicted octanol–water partition coefficient (Wildman–Crippen LogP) is 1.16. The molecule has 2 aliphatic carbocycles. The fourth-order valence-corrected chi connectivity index (χ4v) is 4.33. The summed E-state index contributed by atoms with van der Waals surface area (Å²) in [4.78, 5) is 6.44. The molecule has 1 aromatic rings. The summed E-state index contributed by atoms with van der Waals surface area (Å²) in [7, 11) is 0. The van der Waals surface area contributed by atoms with Crippen molar-refractivity contribution in [3.8, 4) is 6.07 Å². The number of nitriles is 1. The Morgan fingerprint density at radius 3 is 2.89 bits per heavy atom. The number of rotatable bonds is 1. The molecule has 1 aromatic heterocycles. The molecule has 0 unspecified atom stereocenters. The smallest absolute Gasteiger partial charge is 0.140 e. The van der Waals surface area contributed by atoms with E-state index in [-0.39, 0.29) is 12.1 Å². The van der Waals surface area contributed by atoms with E-state index >= 15 is 0 Å². The van der Waals surface area contributed by atoms with Gasteiger partial charge in [0.2, 0.25) is 0 Å². The third kappa shape index (κ3) is 1.20. The van der Waals surface area contributed by atoms with Gasteiger partial charge in [-0.1, -0.05) is 0 Å². The van der Waals surface area contributed by atoms with Crippen LogP contribution in [0.25, 0.3) is 0 Å². The van der Waals surface area contributed by atoms with Gasteiger partial charge in [0.15, 0.2) is 0 Å². The van der Waals surface area contributed by atoms with Crippen molar-refractivity contribution in [3.05, 3.63) is 24.0 Å². The first kappa shape index (κ1) is 10.3. The molecule has 2 bridgehead atoms. The van der Waals surface area contributed by atoms with Gasteiger partial charge in [-0.25, -0.2) is 4.98 Å². The van der Waals surface area contributed by atoms with Crippen LogP contribution >= 0.6 is 0 Å². The van der Waals surface area contributed by atoms with Gasteiger partial charge in [0.1, 0.15) is 11.8 Å². The minimum Gasteiger partial charge on any atom is -0.391 e. The number of fused-ring (bicyclic) bond motifs is 1. The largest absolute Gasteiger partial charge is 0.391 e. The Bertz CT molecular complexity index is 519. The van der Waals surface area contributed by atoms with E-state index < -0.39 is 0 Å². The minimum atomic E-state index is -0.176. The van der Waals surface area contributed by atoms with Crippen LogP contribution in [0.2, 0.25) is 0 Å². The molecule has 4 heteroatoms. The number of aliphatic hydroxyl groups excluding tert-OH is 1. The van der Waals surface area contributed by atoms with Gasteiger partial charge in [0.25, 0.3) is 0 Å². The highest BCUT2D eigenvalue weighted by Crippen LogP contribution is 2.55. The molecular weight excluding hydrogens is 226 g/mol. The third-order valence-electron chi connectivity index (χ3n) is 5.04. The zero-order valence-electron chi connectivity index (χ0n) is 10.0. The van der Waals surface area contributed by atoms with E-state index in [4.69, 9.17) is 5.26 Å². The van der Waals surface area contributed by atoms with Gasteiger partial charge in [-0.3, -0.25) is 0 Å². The van der Waals surface area contributed by atoms with Crippen molar-refractivity contribution in [1.82, 2.24) is 4.98 Å². The van der Waals surface area contributed by atoms with Crippen LogP contribution in [-0.4, -0.2) is 28.8 Å². The second-order valence-corrected chi connectivity index (χ2v) is 5.80. The molecule has 1 aliphatic heterocycles. The minimum absolute atomic E-state index is 0.176. The fraction of sp³-hybridized carbons (Fsp3) is 0.571. The lowest BCUT2D eigenvalue weighted by molar-refractivity contribution is 0.0966. The topological polar surface area (TPSA) is 60.2 Å². The summed E-state index contributed by atoms with van der Waals surface area (Å²) < 4.78 is 0. The Hall–Kier alpha value is -1.60. The molecule has 0 aromatic carbocycles. The molecule has 2 heterocycles.